The van der Waals surface area contributed by atoms with Gasteiger partial charge in [-0.3, -0.25) is 5.41 Å². The van der Waals surface area contributed by atoms with E-state index in [-0.39, 0.29) is 6.04 Å². The van der Waals surface area contributed by atoms with Gasteiger partial charge in [0.1, 0.15) is 11.1 Å². The normalized spacial score (nSPS) is 17.6. The van der Waals surface area contributed by atoms with E-state index < -0.39 is 0 Å². The maximum atomic E-state index is 9.51. The van der Waals surface area contributed by atoms with Crippen LogP contribution in [0.3, 0.4) is 0 Å². The minimum atomic E-state index is 0.266. The van der Waals surface area contributed by atoms with Gasteiger partial charge in [-0.2, -0.15) is 0 Å². The van der Waals surface area contributed by atoms with Crippen molar-refractivity contribution >= 4 is 11.0 Å². The van der Waals surface area contributed by atoms with Crippen molar-refractivity contribution in [1.82, 2.24) is 14.1 Å². The molecule has 1 aliphatic rings. The van der Waals surface area contributed by atoms with E-state index in [0.717, 1.165) is 72.1 Å². The maximum Gasteiger partial charge on any atom is 0.146 e. The Morgan fingerprint density at radius 1 is 0.816 bits per heavy atom. The van der Waals surface area contributed by atoms with E-state index in [0.29, 0.717) is 11.6 Å². The van der Waals surface area contributed by atoms with Crippen LogP contribution in [-0.4, -0.2) is 27.3 Å². The molecule has 0 radical (unpaired) electrons. The van der Waals surface area contributed by atoms with E-state index in [1.54, 1.807) is 7.11 Å². The average Bonchev–Trinajstić information content (AvgIpc) is 3.33. The van der Waals surface area contributed by atoms with Crippen molar-refractivity contribution in [2.75, 3.05) is 7.11 Å². The fraction of sp³-hybridized carbons (Fsp3) is 0.273. The van der Waals surface area contributed by atoms with Gasteiger partial charge >= 0.3 is 0 Å². The molecular weight excluding hydrogens is 468 g/mol. The molecule has 38 heavy (non-hydrogen) atoms. The van der Waals surface area contributed by atoms with Crippen LogP contribution in [0.1, 0.15) is 37.3 Å². The van der Waals surface area contributed by atoms with Gasteiger partial charge < -0.3 is 13.9 Å². The third-order valence-corrected chi connectivity index (χ3v) is 7.98. The van der Waals surface area contributed by atoms with E-state index in [1.807, 2.05) is 6.33 Å². The number of aromatic nitrogens is 3. The summed E-state index contributed by atoms with van der Waals surface area (Å²) in [5.41, 5.74) is 7.20. The van der Waals surface area contributed by atoms with Crippen LogP contribution in [0, 0.1) is 5.41 Å². The van der Waals surface area contributed by atoms with Crippen molar-refractivity contribution in [3.05, 3.63) is 108 Å². The summed E-state index contributed by atoms with van der Waals surface area (Å²) in [6.07, 6.45) is 7.16. The fourth-order valence-electron chi connectivity index (χ4n) is 5.99. The molecule has 1 fully saturated rings. The number of benzene rings is 3. The van der Waals surface area contributed by atoms with Crippen molar-refractivity contribution in [3.63, 3.8) is 0 Å². The topological polar surface area (TPSA) is 55.8 Å². The van der Waals surface area contributed by atoms with Crippen LogP contribution in [-0.2, 0) is 17.7 Å². The second-order valence-corrected chi connectivity index (χ2v) is 10.2. The summed E-state index contributed by atoms with van der Waals surface area (Å²) in [5, 5.41) is 10.4. The minimum absolute atomic E-state index is 0.266. The largest absolute Gasteiger partial charge is 0.381 e. The molecule has 0 amide bonds. The first kappa shape index (κ1) is 24.4. The number of methoxy groups -OCH3 is 1. The molecule has 0 bridgehead atoms. The summed E-state index contributed by atoms with van der Waals surface area (Å²) < 4.78 is 10.1. The molecule has 6 rings (SSSR count). The first-order chi connectivity index (χ1) is 18.7. The van der Waals surface area contributed by atoms with Crippen molar-refractivity contribution in [3.8, 4) is 22.4 Å². The highest BCUT2D eigenvalue weighted by Crippen LogP contribution is 2.39. The summed E-state index contributed by atoms with van der Waals surface area (Å²) in [6.45, 7) is 0.785. The lowest BCUT2D eigenvalue weighted by Crippen LogP contribution is -2.30. The molecule has 0 aliphatic heterocycles. The van der Waals surface area contributed by atoms with E-state index in [9.17, 15) is 5.41 Å². The van der Waals surface area contributed by atoms with Gasteiger partial charge in [-0.05, 0) is 48.8 Å². The van der Waals surface area contributed by atoms with Crippen LogP contribution >= 0.6 is 0 Å². The number of ether oxygens (including phenoxy) is 1. The Morgan fingerprint density at radius 3 is 2.05 bits per heavy atom. The second kappa shape index (κ2) is 10.8. The molecular formula is C33H34N4O. The lowest BCUT2D eigenvalue weighted by Gasteiger charge is -2.29. The Hall–Kier alpha value is -3.96. The van der Waals surface area contributed by atoms with Gasteiger partial charge in [-0.15, -0.1) is 0 Å². The average molecular weight is 503 g/mol. The standard InChI is InChI=1S/C33H34N4O/c1-38-28-19-17-27(18-20-28)37-23-35-33-30(32(37)34)29(25-13-7-3-8-14-25)31(26-15-9-4-10-16-26)36(33)22-21-24-11-5-2-6-12-24/h2-16,23,27-28,34H,17-22H2,1H3. The molecule has 1 saturated carbocycles. The number of nitrogens with one attached hydrogen (secondary N) is 1. The molecule has 0 unspecified atom stereocenters. The van der Waals surface area contributed by atoms with Gasteiger partial charge in [0, 0.05) is 25.3 Å². The molecule has 5 aromatic rings. The molecule has 5 nitrogen and oxygen atoms in total. The van der Waals surface area contributed by atoms with Gasteiger partial charge in [0.15, 0.2) is 0 Å². The molecule has 1 aliphatic carbocycles. The lowest BCUT2D eigenvalue weighted by molar-refractivity contribution is 0.0577. The molecule has 5 heteroatoms. The molecule has 2 aromatic heterocycles. The monoisotopic (exact) mass is 502 g/mol. The van der Waals surface area contributed by atoms with Gasteiger partial charge in [0.25, 0.3) is 0 Å². The number of aryl methyl sites for hydroxylation is 2. The molecule has 1 N–H and O–H groups in total. The summed E-state index contributed by atoms with van der Waals surface area (Å²) >= 11 is 0. The first-order valence-electron chi connectivity index (χ1n) is 13.6. The number of rotatable bonds is 7. The third kappa shape index (κ3) is 4.59. The lowest BCUT2D eigenvalue weighted by atomic mass is 9.92. The van der Waals surface area contributed by atoms with E-state index in [2.05, 4.69) is 100 Å². The Balaban J connectivity index is 1.57. The van der Waals surface area contributed by atoms with Gasteiger partial charge in [0.05, 0.1) is 23.5 Å². The number of nitrogens with zero attached hydrogens (tertiary/aromatic N) is 3. The molecule has 2 heterocycles. The molecule has 0 saturated heterocycles. The van der Waals surface area contributed by atoms with Crippen molar-refractivity contribution in [2.24, 2.45) is 0 Å². The first-order valence-corrected chi connectivity index (χ1v) is 13.6. The summed E-state index contributed by atoms with van der Waals surface area (Å²) in [6, 6.07) is 32.0. The zero-order chi connectivity index (χ0) is 25.9. The molecule has 3 aromatic carbocycles. The predicted octanol–water partition coefficient (Wildman–Crippen LogP) is 7.02. The smallest absolute Gasteiger partial charge is 0.146 e. The third-order valence-electron chi connectivity index (χ3n) is 7.98. The van der Waals surface area contributed by atoms with Crippen LogP contribution in [0.5, 0.6) is 0 Å². The number of hydrogen-bond donors (Lipinski definition) is 1. The quantitative estimate of drug-likeness (QED) is 0.260. The van der Waals surface area contributed by atoms with Gasteiger partial charge in [0.2, 0.25) is 0 Å². The summed E-state index contributed by atoms with van der Waals surface area (Å²) in [5.74, 6) is 0. The summed E-state index contributed by atoms with van der Waals surface area (Å²) in [7, 11) is 1.80. The fourth-order valence-corrected chi connectivity index (χ4v) is 5.99. The maximum absolute atomic E-state index is 9.51. The Labute approximate surface area is 223 Å². The van der Waals surface area contributed by atoms with Crippen molar-refractivity contribution in [2.45, 2.75) is 50.8 Å². The zero-order valence-electron chi connectivity index (χ0n) is 21.9. The molecule has 192 valence electrons. The Morgan fingerprint density at radius 2 is 1.42 bits per heavy atom. The van der Waals surface area contributed by atoms with Crippen LogP contribution in [0.15, 0.2) is 97.3 Å². The van der Waals surface area contributed by atoms with Crippen LogP contribution in [0.2, 0.25) is 0 Å². The second-order valence-electron chi connectivity index (χ2n) is 10.2. The predicted molar refractivity (Wildman–Crippen MR) is 153 cm³/mol. The van der Waals surface area contributed by atoms with E-state index in [4.69, 9.17) is 9.72 Å². The number of hydrogen-bond acceptors (Lipinski definition) is 3. The van der Waals surface area contributed by atoms with Crippen molar-refractivity contribution < 1.29 is 4.74 Å². The van der Waals surface area contributed by atoms with Crippen LogP contribution in [0.25, 0.3) is 33.4 Å². The molecule has 0 atom stereocenters. The highest BCUT2D eigenvalue weighted by molar-refractivity contribution is 6.02. The van der Waals surface area contributed by atoms with Crippen LogP contribution in [0.4, 0.5) is 0 Å². The Bertz CT molecular complexity index is 1560. The summed E-state index contributed by atoms with van der Waals surface area (Å²) in [4.78, 5) is 5.08. The van der Waals surface area contributed by atoms with Crippen LogP contribution < -0.4 is 5.49 Å². The van der Waals surface area contributed by atoms with E-state index in [1.165, 1.54) is 5.56 Å². The Kier molecular flexibility index (Phi) is 6.93. The SMILES string of the molecule is COC1CCC(n2cnc3c(c(-c4ccccc4)c(-c4ccccc4)n3CCc3ccccc3)c2=N)CC1. The van der Waals surface area contributed by atoms with Gasteiger partial charge in [-0.1, -0.05) is 91.0 Å². The highest BCUT2D eigenvalue weighted by atomic mass is 16.5. The van der Waals surface area contributed by atoms with Gasteiger partial charge in [-0.25, -0.2) is 4.98 Å². The molecule has 0 spiro atoms. The van der Waals surface area contributed by atoms with E-state index >= 15 is 0 Å². The zero-order valence-corrected chi connectivity index (χ0v) is 21.9. The van der Waals surface area contributed by atoms with Crippen molar-refractivity contribution in [1.29, 1.82) is 5.41 Å². The minimum Gasteiger partial charge on any atom is -0.381 e. The number of fused-ring (bicyclic) bond motifs is 1. The highest BCUT2D eigenvalue weighted by Gasteiger charge is 2.26.